The smallest absolute Gasteiger partial charge is 0.255 e. The van der Waals surface area contributed by atoms with Crippen LogP contribution >= 0.6 is 12.4 Å². The van der Waals surface area contributed by atoms with Gasteiger partial charge in [0.1, 0.15) is 11.9 Å². The molecule has 1 unspecified atom stereocenters. The molecule has 2 amide bonds. The summed E-state index contributed by atoms with van der Waals surface area (Å²) in [5.41, 5.74) is 2.57. The average Bonchev–Trinajstić information content (AvgIpc) is 3.25. The number of hydrogen-bond acceptors (Lipinski definition) is 4. The Labute approximate surface area is 174 Å². The molecule has 8 heteroatoms. The minimum absolute atomic E-state index is 0. The van der Waals surface area contributed by atoms with E-state index in [0.717, 1.165) is 12.0 Å². The minimum Gasteiger partial charge on any atom is -0.368 e. The molecule has 2 aliphatic rings. The van der Waals surface area contributed by atoms with Crippen molar-refractivity contribution >= 4 is 35.6 Å². The molecule has 1 saturated heterocycles. The third-order valence-electron chi connectivity index (χ3n) is 5.07. The zero-order valence-corrected chi connectivity index (χ0v) is 16.6. The molecule has 1 fully saturated rings. The second kappa shape index (κ2) is 9.35. The first-order chi connectivity index (χ1) is 13.6. The Kier molecular flexibility index (Phi) is 6.84. The van der Waals surface area contributed by atoms with Gasteiger partial charge in [0, 0.05) is 24.4 Å². The van der Waals surface area contributed by atoms with E-state index < -0.39 is 12.0 Å². The van der Waals surface area contributed by atoms with Crippen molar-refractivity contribution in [2.24, 2.45) is 0 Å². The van der Waals surface area contributed by atoms with Crippen LogP contribution < -0.4 is 16.0 Å². The van der Waals surface area contributed by atoms with Crippen molar-refractivity contribution in [3.05, 3.63) is 58.9 Å². The maximum atomic E-state index is 14.7. The molecule has 2 aromatic rings. The molecule has 2 aliphatic heterocycles. The first kappa shape index (κ1) is 21.2. The maximum absolute atomic E-state index is 14.7. The maximum Gasteiger partial charge on any atom is 0.255 e. The molecule has 0 spiro atoms. The first-order valence-electron chi connectivity index (χ1n) is 9.46. The van der Waals surface area contributed by atoms with Gasteiger partial charge in [-0.1, -0.05) is 12.1 Å². The van der Waals surface area contributed by atoms with Crippen molar-refractivity contribution in [2.45, 2.75) is 31.9 Å². The summed E-state index contributed by atoms with van der Waals surface area (Å²) in [4.78, 5) is 24.8. The highest BCUT2D eigenvalue weighted by atomic mass is 35.5. The van der Waals surface area contributed by atoms with Crippen molar-refractivity contribution in [3.8, 4) is 0 Å². The topological polar surface area (TPSA) is 79.5 Å². The van der Waals surface area contributed by atoms with Crippen LogP contribution in [0.1, 0.15) is 34.3 Å². The second-order valence-corrected chi connectivity index (χ2v) is 7.02. The van der Waals surface area contributed by atoms with E-state index in [1.165, 1.54) is 0 Å². The van der Waals surface area contributed by atoms with Crippen LogP contribution in [0.3, 0.4) is 0 Å². The number of anilines is 2. The van der Waals surface area contributed by atoms with Crippen molar-refractivity contribution in [3.63, 3.8) is 0 Å². The predicted molar refractivity (Wildman–Crippen MR) is 111 cm³/mol. The number of ether oxygens (including phenoxy) is 1. The Morgan fingerprint density at radius 2 is 2.03 bits per heavy atom. The van der Waals surface area contributed by atoms with Gasteiger partial charge in [-0.25, -0.2) is 4.39 Å². The number of amides is 2. The van der Waals surface area contributed by atoms with Crippen LogP contribution in [0.4, 0.5) is 15.8 Å². The minimum atomic E-state index is -0.448. The van der Waals surface area contributed by atoms with Gasteiger partial charge in [-0.3, -0.25) is 9.59 Å². The number of halogens is 2. The monoisotopic (exact) mass is 419 g/mol. The van der Waals surface area contributed by atoms with E-state index in [4.69, 9.17) is 4.74 Å². The second-order valence-electron chi connectivity index (χ2n) is 7.02. The van der Waals surface area contributed by atoms with Crippen LogP contribution in [0, 0.1) is 5.82 Å². The summed E-state index contributed by atoms with van der Waals surface area (Å²) in [6.07, 6.45) is 1.70. The van der Waals surface area contributed by atoms with Gasteiger partial charge in [0.25, 0.3) is 11.8 Å². The molecular weight excluding hydrogens is 397 g/mol. The molecular formula is C21H23ClFN3O3. The normalized spacial score (nSPS) is 17.8. The van der Waals surface area contributed by atoms with Crippen molar-refractivity contribution < 1.29 is 18.7 Å². The third kappa shape index (κ3) is 4.75. The highest BCUT2D eigenvalue weighted by Crippen LogP contribution is 2.25. The SMILES string of the molecule is Cl.O=C(Nc1ccc2c(c1F)CCNC2)c1cccc(NC(=O)C2CCCO2)c1. The summed E-state index contributed by atoms with van der Waals surface area (Å²) in [6, 6.07) is 9.99. The number of hydrogen-bond donors (Lipinski definition) is 3. The highest BCUT2D eigenvalue weighted by Gasteiger charge is 2.24. The van der Waals surface area contributed by atoms with Gasteiger partial charge in [-0.15, -0.1) is 12.4 Å². The van der Waals surface area contributed by atoms with E-state index in [9.17, 15) is 14.0 Å². The predicted octanol–water partition coefficient (Wildman–Crippen LogP) is 3.26. The average molecular weight is 420 g/mol. The standard InChI is InChI=1S/C21H22FN3O3.ClH/c22-19-16-8-9-23-12-14(16)6-7-17(19)25-20(26)13-3-1-4-15(11-13)24-21(27)18-5-2-10-28-18;/h1,3-4,6-7,11,18,23H,2,5,8-10,12H2,(H,24,27)(H,25,26);1H. The van der Waals surface area contributed by atoms with Crippen LogP contribution in [-0.2, 0) is 22.5 Å². The van der Waals surface area contributed by atoms with Crippen LogP contribution in [0.25, 0.3) is 0 Å². The molecule has 2 heterocycles. The number of nitrogens with one attached hydrogen (secondary N) is 3. The number of rotatable bonds is 4. The fourth-order valence-corrected chi connectivity index (χ4v) is 3.57. The van der Waals surface area contributed by atoms with E-state index in [0.29, 0.717) is 49.4 Å². The van der Waals surface area contributed by atoms with Crippen LogP contribution in [0.2, 0.25) is 0 Å². The van der Waals surface area contributed by atoms with E-state index >= 15 is 0 Å². The molecule has 29 heavy (non-hydrogen) atoms. The molecule has 0 aliphatic carbocycles. The lowest BCUT2D eigenvalue weighted by Crippen LogP contribution is -2.27. The van der Waals surface area contributed by atoms with Gasteiger partial charge in [0.15, 0.2) is 0 Å². The molecule has 0 radical (unpaired) electrons. The van der Waals surface area contributed by atoms with Gasteiger partial charge < -0.3 is 20.7 Å². The molecule has 6 nitrogen and oxygen atoms in total. The molecule has 3 N–H and O–H groups in total. The lowest BCUT2D eigenvalue weighted by molar-refractivity contribution is -0.124. The quantitative estimate of drug-likeness (QED) is 0.710. The van der Waals surface area contributed by atoms with E-state index in [1.807, 2.05) is 6.07 Å². The summed E-state index contributed by atoms with van der Waals surface area (Å²) in [7, 11) is 0. The fourth-order valence-electron chi connectivity index (χ4n) is 3.57. The number of benzene rings is 2. The van der Waals surface area contributed by atoms with Gasteiger partial charge in [-0.2, -0.15) is 0 Å². The first-order valence-corrected chi connectivity index (χ1v) is 9.46. The van der Waals surface area contributed by atoms with E-state index in [2.05, 4.69) is 16.0 Å². The summed E-state index contributed by atoms with van der Waals surface area (Å²) in [5.74, 6) is -1.03. The van der Waals surface area contributed by atoms with Crippen LogP contribution in [-0.4, -0.2) is 31.1 Å². The Balaban J connectivity index is 0.00000240. The van der Waals surface area contributed by atoms with Crippen LogP contribution in [0.15, 0.2) is 36.4 Å². The summed E-state index contributed by atoms with van der Waals surface area (Å²) >= 11 is 0. The number of carbonyl (C=O) groups is 2. The Morgan fingerprint density at radius 3 is 2.83 bits per heavy atom. The molecule has 0 bridgehead atoms. The summed E-state index contributed by atoms with van der Waals surface area (Å²) in [6.45, 7) is 1.93. The fraction of sp³-hybridized carbons (Fsp3) is 0.333. The third-order valence-corrected chi connectivity index (χ3v) is 5.07. The van der Waals surface area contributed by atoms with Gasteiger partial charge in [0.2, 0.25) is 0 Å². The largest absolute Gasteiger partial charge is 0.368 e. The highest BCUT2D eigenvalue weighted by molar-refractivity contribution is 6.05. The number of fused-ring (bicyclic) bond motifs is 1. The number of carbonyl (C=O) groups excluding carboxylic acids is 2. The summed E-state index contributed by atoms with van der Waals surface area (Å²) < 4.78 is 20.1. The zero-order valence-electron chi connectivity index (χ0n) is 15.8. The van der Waals surface area contributed by atoms with E-state index in [-0.39, 0.29) is 29.8 Å². The molecule has 154 valence electrons. The molecule has 1 atom stereocenters. The van der Waals surface area contributed by atoms with Crippen molar-refractivity contribution in [1.29, 1.82) is 0 Å². The molecule has 4 rings (SSSR count). The zero-order chi connectivity index (χ0) is 19.5. The van der Waals surface area contributed by atoms with Gasteiger partial charge in [-0.05, 0) is 61.2 Å². The Morgan fingerprint density at radius 1 is 1.17 bits per heavy atom. The Bertz CT molecular complexity index is 916. The van der Waals surface area contributed by atoms with E-state index in [1.54, 1.807) is 30.3 Å². The molecule has 0 aromatic heterocycles. The van der Waals surface area contributed by atoms with Crippen LogP contribution in [0.5, 0.6) is 0 Å². The lowest BCUT2D eigenvalue weighted by Gasteiger charge is -2.19. The van der Waals surface area contributed by atoms with Gasteiger partial charge >= 0.3 is 0 Å². The molecule has 0 saturated carbocycles. The molecule has 2 aromatic carbocycles. The lowest BCUT2D eigenvalue weighted by atomic mass is 9.99. The van der Waals surface area contributed by atoms with Crippen molar-refractivity contribution in [1.82, 2.24) is 5.32 Å². The van der Waals surface area contributed by atoms with Gasteiger partial charge in [0.05, 0.1) is 5.69 Å². The van der Waals surface area contributed by atoms with Crippen molar-refractivity contribution in [2.75, 3.05) is 23.8 Å². The summed E-state index contributed by atoms with van der Waals surface area (Å²) in [5, 5.41) is 8.61. The Hall–Kier alpha value is -2.48.